The fourth-order valence-electron chi connectivity index (χ4n) is 14.2. The van der Waals surface area contributed by atoms with Crippen LogP contribution in [0, 0.1) is 0 Å². The van der Waals surface area contributed by atoms with E-state index in [9.17, 15) is 0 Å². The van der Waals surface area contributed by atoms with E-state index in [1.54, 1.807) is 0 Å². The van der Waals surface area contributed by atoms with Gasteiger partial charge in [-0.1, -0.05) is 0 Å². The Labute approximate surface area is 710 Å². The molecule has 680 valence electrons. The van der Waals surface area contributed by atoms with Crippen LogP contribution >= 0.6 is 0 Å². The number of epoxide rings is 9. The van der Waals surface area contributed by atoms with Gasteiger partial charge in [-0.15, -0.1) is 0 Å². The number of rotatable bonds is 70. The lowest BCUT2D eigenvalue weighted by Crippen LogP contribution is -2.57. The summed E-state index contributed by atoms with van der Waals surface area (Å²) < 4.78 is 153. The van der Waals surface area contributed by atoms with Crippen molar-refractivity contribution in [1.29, 1.82) is 0 Å². The van der Waals surface area contributed by atoms with Gasteiger partial charge < -0.3 is 118 Å². The van der Waals surface area contributed by atoms with Gasteiger partial charge in [-0.25, -0.2) is 0 Å². The summed E-state index contributed by atoms with van der Waals surface area (Å²) >= 11 is 0. The fourth-order valence-corrected chi connectivity index (χ4v) is 69.4. The first-order chi connectivity index (χ1) is 53.9. The lowest BCUT2D eigenvalue weighted by molar-refractivity contribution is 0.115. The topological polar surface area (TPSA) is 270 Å². The lowest BCUT2D eigenvalue weighted by Gasteiger charge is -2.42. The summed E-state index contributed by atoms with van der Waals surface area (Å²) in [5, 5.41) is 0. The monoisotopic (exact) mass is 1840 g/mol. The molecule has 9 saturated heterocycles. The fraction of sp³-hybridized carbons (Fsp3) is 1.00. The Morgan fingerprint density at radius 1 is 0.183 bits per heavy atom. The third kappa shape index (κ3) is 60.0. The molecule has 0 aliphatic carbocycles. The minimum Gasteiger partial charge on any atom is -0.455 e. The lowest BCUT2D eigenvalue weighted by atomic mass is 10.5. The molecule has 38 heteroatoms. The number of ether oxygens (including phenoxy) is 18. The van der Waals surface area contributed by atoms with Crippen LogP contribution in [0.2, 0.25) is 205 Å². The average molecular weight is 1850 g/mol. The zero-order valence-corrected chi connectivity index (χ0v) is 88.6. The summed E-state index contributed by atoms with van der Waals surface area (Å²) in [6, 6.07) is 9.51. The molecule has 9 heterocycles. The third-order valence-electron chi connectivity index (χ3n) is 19.6. The third-order valence-corrected chi connectivity index (χ3v) is 65.2. The number of hydrogen-bond acceptors (Lipinski definition) is 26. The largest absolute Gasteiger partial charge is 0.455 e. The Morgan fingerprint density at radius 2 is 0.330 bits per heavy atom. The standard InChI is InChI=1S/C25H54O9Si4.C23H48O8Si3.C16H34O5Si2.C13H32O4Si3/c1-35(2,14-8-11-26-17-23-20-29-23)32-37(5,6)34-38(7,16-10-13-28-19-25-22-31-25)33-36(3,4)15-9-12-27-18-24-21-30-24;1-32(2,12-6-9-24-15-21-18-27-21)30-34(5,14-8-11-26-17-23-20-29-23)31-33(3,4)13-7-10-25-16-22-19-28-22;1-22(2,9-5-7-17-11-15-13-19-15)21-23(3,4)10-6-8-18-12-16-14-20-16;1-18(2,3)16-20(7,17-19(4,5)6)10-8-9-14-11-13-12-15-13/h23-25H,8-22H2,1-7H3;21-23H,6-20H2,1-5H3;15-16H,5-14H2,1-4H3;13H,8-12H2,1-7H3. The summed E-state index contributed by atoms with van der Waals surface area (Å²) in [6.07, 6.45) is 12.2. The van der Waals surface area contributed by atoms with Crippen LogP contribution < -0.4 is 0 Å². The molecule has 10 atom stereocenters. The van der Waals surface area contributed by atoms with E-state index in [1.165, 1.54) is 12.1 Å². The van der Waals surface area contributed by atoms with Crippen LogP contribution in [0.5, 0.6) is 0 Å². The van der Waals surface area contributed by atoms with Gasteiger partial charge in [-0.2, -0.15) is 0 Å². The van der Waals surface area contributed by atoms with Gasteiger partial charge in [0.25, 0.3) is 0 Å². The van der Waals surface area contributed by atoms with Crippen molar-refractivity contribution in [3.63, 3.8) is 0 Å². The summed E-state index contributed by atoms with van der Waals surface area (Å²) in [6.45, 7) is 73.7. The van der Waals surface area contributed by atoms with Gasteiger partial charge in [0.1, 0.15) is 54.9 Å². The van der Waals surface area contributed by atoms with E-state index in [4.69, 9.17) is 118 Å². The number of hydrogen-bond donors (Lipinski definition) is 0. The molecule has 0 aromatic rings. The minimum absolute atomic E-state index is 0.297. The summed E-state index contributed by atoms with van der Waals surface area (Å²) in [5.41, 5.74) is 0. The highest BCUT2D eigenvalue weighted by Gasteiger charge is 2.48. The molecule has 9 aliphatic heterocycles. The molecular formula is C77H168O26Si12. The van der Waals surface area contributed by atoms with E-state index in [0.29, 0.717) is 88.0 Å². The molecule has 0 aromatic heterocycles. The van der Waals surface area contributed by atoms with Crippen LogP contribution in [-0.2, 0) is 118 Å². The predicted octanol–water partition coefficient (Wildman–Crippen LogP) is 15.1. The molecule has 9 rings (SSSR count). The second kappa shape index (κ2) is 51.5. The van der Waals surface area contributed by atoms with Crippen molar-refractivity contribution in [3.8, 4) is 0 Å². The summed E-state index contributed by atoms with van der Waals surface area (Å²) in [7, 11) is -23.3. The Bertz CT molecular complexity index is 2490. The second-order valence-corrected chi connectivity index (χ2v) is 89.8. The Kier molecular flexibility index (Phi) is 47.2. The zero-order valence-electron chi connectivity index (χ0n) is 76.6. The van der Waals surface area contributed by atoms with Crippen LogP contribution in [-0.4, -0.2) is 334 Å². The maximum absolute atomic E-state index is 7.03. The van der Waals surface area contributed by atoms with Crippen molar-refractivity contribution in [3.05, 3.63) is 0 Å². The van der Waals surface area contributed by atoms with Crippen LogP contribution in [0.1, 0.15) is 57.8 Å². The highest BCUT2D eigenvalue weighted by molar-refractivity contribution is 6.91. The maximum Gasteiger partial charge on any atom is 0.315 e. The van der Waals surface area contributed by atoms with Gasteiger partial charge in [0.05, 0.1) is 119 Å². The van der Waals surface area contributed by atoms with Crippen molar-refractivity contribution in [2.75, 3.05) is 178 Å². The van der Waals surface area contributed by atoms with Crippen LogP contribution in [0.15, 0.2) is 0 Å². The Balaban J connectivity index is 0.000000246. The van der Waals surface area contributed by atoms with Gasteiger partial charge >= 0.3 is 34.2 Å². The highest BCUT2D eigenvalue weighted by atomic mass is 28.5. The Morgan fingerprint density at radius 3 is 0.504 bits per heavy atom. The van der Waals surface area contributed by atoms with E-state index in [2.05, 4.69) is 151 Å². The first-order valence-corrected chi connectivity index (χ1v) is 80.1. The molecule has 9 aliphatic rings. The van der Waals surface area contributed by atoms with Gasteiger partial charge in [-0.05, 0) is 263 Å². The van der Waals surface area contributed by atoms with Gasteiger partial charge in [0.15, 0.2) is 66.5 Å². The molecule has 0 aromatic carbocycles. The quantitative estimate of drug-likeness (QED) is 0.0311. The molecule has 0 bridgehead atoms. The van der Waals surface area contributed by atoms with Gasteiger partial charge in [-0.3, -0.25) is 0 Å². The van der Waals surface area contributed by atoms with E-state index >= 15 is 0 Å². The van der Waals surface area contributed by atoms with Crippen LogP contribution in [0.25, 0.3) is 0 Å². The normalized spacial score (nSPS) is 24.2. The molecule has 0 N–H and O–H groups in total. The maximum atomic E-state index is 7.03. The average Bonchev–Trinajstić information content (AvgIpc) is 1.46. The molecular weight excluding hydrogens is 1680 g/mol. The highest BCUT2D eigenvalue weighted by Crippen LogP contribution is 2.35. The molecule has 0 saturated carbocycles. The van der Waals surface area contributed by atoms with Crippen LogP contribution in [0.3, 0.4) is 0 Å². The molecule has 26 nitrogen and oxygen atoms in total. The van der Waals surface area contributed by atoms with E-state index in [-0.39, 0.29) is 0 Å². The smallest absolute Gasteiger partial charge is 0.315 e. The van der Waals surface area contributed by atoms with Crippen molar-refractivity contribution in [1.82, 2.24) is 0 Å². The molecule has 10 unspecified atom stereocenters. The zero-order chi connectivity index (χ0) is 84.4. The van der Waals surface area contributed by atoms with Crippen molar-refractivity contribution >= 4 is 101 Å². The first-order valence-electron chi connectivity index (χ1n) is 44.2. The molecule has 0 amide bonds. The van der Waals surface area contributed by atoms with E-state index in [0.717, 1.165) is 245 Å². The molecule has 0 radical (unpaired) electrons. The predicted molar refractivity (Wildman–Crippen MR) is 482 cm³/mol. The summed E-state index contributed by atoms with van der Waals surface area (Å²) in [5.74, 6) is 0. The second-order valence-electron chi connectivity index (χ2n) is 39.6. The SMILES string of the molecule is C[Si](C)(C)O[Si](C)(CCCOCC1CO1)O[Si](C)(C)C.C[Si](C)(CCCOCC1CO1)O[Si](C)(C)CCCOCC1CO1.C[Si](C)(CCCOCC1CO1)O[Si](C)(C)O[Si](C)(CCCOCC1CO1)O[Si](C)(C)CCCOCC1CO1.C[Si](C)(CCCOCC1CO1)O[Si](C)(CCCOCC1CO1)O[Si](C)(C)CCCOCC1CO1. The van der Waals surface area contributed by atoms with E-state index in [1.807, 2.05) is 0 Å². The van der Waals surface area contributed by atoms with E-state index < -0.39 is 101 Å². The Hall–Kier alpha value is 1.56. The molecule has 115 heavy (non-hydrogen) atoms. The summed E-state index contributed by atoms with van der Waals surface area (Å²) in [4.78, 5) is 0. The van der Waals surface area contributed by atoms with Crippen molar-refractivity contribution < 1.29 is 118 Å². The minimum atomic E-state index is -2.50. The van der Waals surface area contributed by atoms with Crippen molar-refractivity contribution in [2.24, 2.45) is 0 Å². The first kappa shape index (κ1) is 105. The van der Waals surface area contributed by atoms with Gasteiger partial charge in [0, 0.05) is 59.5 Å². The van der Waals surface area contributed by atoms with Crippen molar-refractivity contribution in [2.45, 2.75) is 318 Å². The molecule has 9 fully saturated rings. The van der Waals surface area contributed by atoms with Crippen LogP contribution in [0.4, 0.5) is 0 Å². The molecule has 0 spiro atoms. The van der Waals surface area contributed by atoms with Gasteiger partial charge in [0.2, 0.25) is 0 Å².